The number of fused-ring (bicyclic) bond motifs is 1. The van der Waals surface area contributed by atoms with Crippen molar-refractivity contribution in [2.75, 3.05) is 0 Å². The molecule has 31 heavy (non-hydrogen) atoms. The van der Waals surface area contributed by atoms with Crippen molar-refractivity contribution in [3.63, 3.8) is 0 Å². The lowest BCUT2D eigenvalue weighted by molar-refractivity contribution is 0.302. The van der Waals surface area contributed by atoms with Crippen LogP contribution in [0.15, 0.2) is 67.5 Å². The van der Waals surface area contributed by atoms with Gasteiger partial charge >= 0.3 is 0 Å². The third-order valence-corrected chi connectivity index (χ3v) is 4.82. The lowest BCUT2D eigenvalue weighted by Crippen LogP contribution is -2.05. The highest BCUT2D eigenvalue weighted by atomic mass is 19.1. The molecular formula is C22H16F2N6O. The van der Waals surface area contributed by atoms with Crippen LogP contribution in [0.4, 0.5) is 8.78 Å². The van der Waals surface area contributed by atoms with Gasteiger partial charge in [-0.15, -0.1) is 0 Å². The van der Waals surface area contributed by atoms with E-state index in [4.69, 9.17) is 4.74 Å². The van der Waals surface area contributed by atoms with Gasteiger partial charge < -0.3 is 4.74 Å². The van der Waals surface area contributed by atoms with Crippen molar-refractivity contribution < 1.29 is 13.5 Å². The van der Waals surface area contributed by atoms with Crippen molar-refractivity contribution in [3.8, 4) is 22.7 Å². The molecule has 4 aromatic heterocycles. The Morgan fingerprint density at radius 2 is 1.71 bits per heavy atom. The van der Waals surface area contributed by atoms with Crippen LogP contribution in [0.3, 0.4) is 0 Å². The second-order valence-electron chi connectivity index (χ2n) is 6.94. The average Bonchev–Trinajstić information content (AvgIpc) is 3.37. The standard InChI is InChI=1S/C22H16F2N6O/c1-29-12-15(10-27-29)21-17-4-7-26-11-20(17)30(28-21)22-18(23)8-16(9-19(22)24)31-13-14-2-5-25-6-3-14/h2-12H,13H2,1H3. The van der Waals surface area contributed by atoms with E-state index in [1.165, 1.54) is 10.9 Å². The Morgan fingerprint density at radius 3 is 2.42 bits per heavy atom. The molecule has 0 unspecified atom stereocenters. The molecule has 0 saturated heterocycles. The van der Waals surface area contributed by atoms with Gasteiger partial charge in [0.1, 0.15) is 23.7 Å². The summed E-state index contributed by atoms with van der Waals surface area (Å²) in [5.74, 6) is -1.51. The number of hydrogen-bond acceptors (Lipinski definition) is 5. The van der Waals surface area contributed by atoms with Gasteiger partial charge in [0.15, 0.2) is 11.6 Å². The van der Waals surface area contributed by atoms with Crippen LogP contribution in [-0.4, -0.2) is 29.5 Å². The Hall–Kier alpha value is -4.14. The van der Waals surface area contributed by atoms with Gasteiger partial charge in [-0.2, -0.15) is 10.2 Å². The Balaban J connectivity index is 1.56. The molecule has 0 aliphatic heterocycles. The Morgan fingerprint density at radius 1 is 0.968 bits per heavy atom. The molecule has 0 saturated carbocycles. The van der Waals surface area contributed by atoms with E-state index in [-0.39, 0.29) is 18.0 Å². The van der Waals surface area contributed by atoms with E-state index in [2.05, 4.69) is 20.2 Å². The molecule has 0 atom stereocenters. The third-order valence-electron chi connectivity index (χ3n) is 4.82. The van der Waals surface area contributed by atoms with Crippen molar-refractivity contribution in [1.82, 2.24) is 29.5 Å². The molecule has 154 valence electrons. The maximum absolute atomic E-state index is 15.0. The number of benzene rings is 1. The van der Waals surface area contributed by atoms with Gasteiger partial charge in [0.25, 0.3) is 0 Å². The van der Waals surface area contributed by atoms with Crippen LogP contribution in [0, 0.1) is 11.6 Å². The third kappa shape index (κ3) is 3.50. The van der Waals surface area contributed by atoms with Gasteiger partial charge in [-0.3, -0.25) is 14.6 Å². The van der Waals surface area contributed by atoms with Crippen molar-refractivity contribution in [1.29, 1.82) is 0 Å². The maximum Gasteiger partial charge on any atom is 0.155 e. The summed E-state index contributed by atoms with van der Waals surface area (Å²) in [6.45, 7) is 0.167. The highest BCUT2D eigenvalue weighted by Gasteiger charge is 2.21. The van der Waals surface area contributed by atoms with Crippen LogP contribution >= 0.6 is 0 Å². The van der Waals surface area contributed by atoms with Gasteiger partial charge in [-0.25, -0.2) is 13.5 Å². The molecule has 0 aliphatic carbocycles. The smallest absolute Gasteiger partial charge is 0.155 e. The monoisotopic (exact) mass is 418 g/mol. The SMILES string of the molecule is Cn1cc(-c2nn(-c3c(F)cc(OCc4ccncc4)cc3F)c3cnccc23)cn1. The predicted octanol–water partition coefficient (Wildman–Crippen LogP) is 4.07. The zero-order valence-electron chi connectivity index (χ0n) is 16.4. The van der Waals surface area contributed by atoms with Crippen molar-refractivity contribution in [2.24, 2.45) is 7.05 Å². The molecule has 5 rings (SSSR count). The fourth-order valence-electron chi connectivity index (χ4n) is 3.36. The lowest BCUT2D eigenvalue weighted by atomic mass is 10.2. The van der Waals surface area contributed by atoms with Crippen LogP contribution in [0.1, 0.15) is 5.56 Å². The first-order chi connectivity index (χ1) is 15.1. The van der Waals surface area contributed by atoms with Crippen LogP contribution in [0.25, 0.3) is 27.8 Å². The summed E-state index contributed by atoms with van der Waals surface area (Å²) in [7, 11) is 1.79. The summed E-state index contributed by atoms with van der Waals surface area (Å²) in [6.07, 6.45) is 9.82. The van der Waals surface area contributed by atoms with Gasteiger partial charge in [0.05, 0.1) is 17.9 Å². The second-order valence-corrected chi connectivity index (χ2v) is 6.94. The first-order valence-corrected chi connectivity index (χ1v) is 9.43. The molecule has 0 fully saturated rings. The van der Waals surface area contributed by atoms with E-state index in [1.54, 1.807) is 60.9 Å². The summed E-state index contributed by atoms with van der Waals surface area (Å²) in [5.41, 5.74) is 2.30. The highest BCUT2D eigenvalue weighted by Crippen LogP contribution is 2.32. The van der Waals surface area contributed by atoms with Gasteiger partial charge in [0.2, 0.25) is 0 Å². The molecule has 0 N–H and O–H groups in total. The van der Waals surface area contributed by atoms with Crippen LogP contribution in [0.5, 0.6) is 5.75 Å². The van der Waals surface area contributed by atoms with E-state index in [0.29, 0.717) is 16.6 Å². The quantitative estimate of drug-likeness (QED) is 0.430. The normalized spacial score (nSPS) is 11.2. The minimum atomic E-state index is -0.796. The minimum absolute atomic E-state index is 0.0811. The number of nitrogens with zero attached hydrogens (tertiary/aromatic N) is 6. The Bertz CT molecular complexity index is 1360. The largest absolute Gasteiger partial charge is 0.489 e. The number of aromatic nitrogens is 6. The zero-order valence-corrected chi connectivity index (χ0v) is 16.4. The number of aryl methyl sites for hydroxylation is 1. The van der Waals surface area contributed by atoms with Gasteiger partial charge in [-0.05, 0) is 23.8 Å². The van der Waals surface area contributed by atoms with Gasteiger partial charge in [-0.1, -0.05) is 0 Å². The summed E-state index contributed by atoms with van der Waals surface area (Å²) in [4.78, 5) is 8.02. The number of hydrogen-bond donors (Lipinski definition) is 0. The maximum atomic E-state index is 15.0. The van der Waals surface area contributed by atoms with Crippen LogP contribution < -0.4 is 4.74 Å². The molecule has 0 radical (unpaired) electrons. The Labute approximate surface area is 175 Å². The second kappa shape index (κ2) is 7.60. The number of halogens is 2. The number of ether oxygens (including phenoxy) is 1. The molecule has 1 aromatic carbocycles. The van der Waals surface area contributed by atoms with Crippen molar-refractivity contribution >= 4 is 10.9 Å². The van der Waals surface area contributed by atoms with Crippen LogP contribution in [-0.2, 0) is 13.7 Å². The molecule has 0 bridgehead atoms. The topological polar surface area (TPSA) is 70.7 Å². The highest BCUT2D eigenvalue weighted by molar-refractivity contribution is 5.93. The minimum Gasteiger partial charge on any atom is -0.489 e. The van der Waals surface area contributed by atoms with E-state index in [1.807, 2.05) is 0 Å². The Kier molecular flexibility index (Phi) is 4.62. The summed E-state index contributed by atoms with van der Waals surface area (Å²) >= 11 is 0. The number of pyridine rings is 2. The first-order valence-electron chi connectivity index (χ1n) is 9.43. The van der Waals surface area contributed by atoms with E-state index >= 15 is 8.78 Å². The van der Waals surface area contributed by atoms with E-state index in [0.717, 1.165) is 23.3 Å². The molecule has 5 aromatic rings. The number of rotatable bonds is 5. The fraction of sp³-hybridized carbons (Fsp3) is 0.0909. The molecule has 0 amide bonds. The lowest BCUT2D eigenvalue weighted by Gasteiger charge is -2.11. The van der Waals surface area contributed by atoms with E-state index < -0.39 is 11.6 Å². The van der Waals surface area contributed by atoms with Gasteiger partial charge in [0, 0.05) is 54.9 Å². The average molecular weight is 418 g/mol. The van der Waals surface area contributed by atoms with E-state index in [9.17, 15) is 0 Å². The fourth-order valence-corrected chi connectivity index (χ4v) is 3.36. The van der Waals surface area contributed by atoms with Crippen molar-refractivity contribution in [3.05, 3.63) is 84.7 Å². The summed E-state index contributed by atoms with van der Waals surface area (Å²) in [5, 5.41) is 9.35. The molecule has 7 nitrogen and oxygen atoms in total. The molecule has 9 heteroatoms. The molecule has 4 heterocycles. The summed E-state index contributed by atoms with van der Waals surface area (Å²) < 4.78 is 38.5. The zero-order chi connectivity index (χ0) is 21.4. The first kappa shape index (κ1) is 18.9. The van der Waals surface area contributed by atoms with Crippen LogP contribution in [0.2, 0.25) is 0 Å². The van der Waals surface area contributed by atoms with Crippen molar-refractivity contribution in [2.45, 2.75) is 6.61 Å². The summed E-state index contributed by atoms with van der Waals surface area (Å²) in [6, 6.07) is 7.58. The molecule has 0 spiro atoms. The molecular weight excluding hydrogens is 402 g/mol. The predicted molar refractivity (Wildman–Crippen MR) is 110 cm³/mol. The molecule has 0 aliphatic rings.